The fourth-order valence-corrected chi connectivity index (χ4v) is 2.72. The summed E-state index contributed by atoms with van der Waals surface area (Å²) >= 11 is 6.11. The Kier molecular flexibility index (Phi) is 4.85. The minimum absolute atomic E-state index is 0.101. The zero-order valence-corrected chi connectivity index (χ0v) is 13.1. The fraction of sp³-hybridized carbons (Fsp3) is 0.0769. The maximum Gasteiger partial charge on any atom is 0.145 e. The van der Waals surface area contributed by atoms with Crippen molar-refractivity contribution in [3.63, 3.8) is 0 Å². The van der Waals surface area contributed by atoms with Crippen LogP contribution in [0.4, 0.5) is 13.2 Å². The lowest BCUT2D eigenvalue weighted by molar-refractivity contribution is 0.505. The van der Waals surface area contributed by atoms with Crippen molar-refractivity contribution in [3.05, 3.63) is 67.9 Å². The standard InChI is InChI=1S/C13H9Br2F3N2/c14-7-3-6(4-8(16)5-7)13(20-19)11-10(17)2-1-9(15)12(11)18/h1-5,13,20H,19H2. The smallest absolute Gasteiger partial charge is 0.145 e. The van der Waals surface area contributed by atoms with Gasteiger partial charge in [0, 0.05) is 10.0 Å². The first-order valence-corrected chi connectivity index (χ1v) is 7.08. The van der Waals surface area contributed by atoms with Gasteiger partial charge in [-0.3, -0.25) is 5.84 Å². The van der Waals surface area contributed by atoms with E-state index >= 15 is 0 Å². The van der Waals surface area contributed by atoms with E-state index < -0.39 is 23.5 Å². The van der Waals surface area contributed by atoms with Crippen LogP contribution in [0.15, 0.2) is 39.3 Å². The number of nitrogens with one attached hydrogen (secondary N) is 1. The molecule has 0 radical (unpaired) electrons. The second-order valence-electron chi connectivity index (χ2n) is 4.06. The Hall–Kier alpha value is -0.890. The summed E-state index contributed by atoms with van der Waals surface area (Å²) < 4.78 is 42.0. The molecule has 0 aromatic heterocycles. The van der Waals surface area contributed by atoms with E-state index in [9.17, 15) is 13.2 Å². The quantitative estimate of drug-likeness (QED) is 0.453. The third-order valence-corrected chi connectivity index (χ3v) is 3.82. The van der Waals surface area contributed by atoms with Gasteiger partial charge in [0.2, 0.25) is 0 Å². The molecular formula is C13H9Br2F3N2. The molecule has 20 heavy (non-hydrogen) atoms. The average molecular weight is 410 g/mol. The highest BCUT2D eigenvalue weighted by Crippen LogP contribution is 2.31. The van der Waals surface area contributed by atoms with Gasteiger partial charge in [-0.05, 0) is 51.8 Å². The lowest BCUT2D eigenvalue weighted by Crippen LogP contribution is -2.30. The molecule has 106 valence electrons. The van der Waals surface area contributed by atoms with Crippen molar-refractivity contribution in [3.8, 4) is 0 Å². The Morgan fingerprint density at radius 1 is 1.05 bits per heavy atom. The largest absolute Gasteiger partial charge is 0.271 e. The van der Waals surface area contributed by atoms with Crippen molar-refractivity contribution in [2.24, 2.45) is 5.84 Å². The normalized spacial score (nSPS) is 12.5. The first-order valence-electron chi connectivity index (χ1n) is 5.49. The molecule has 0 aliphatic rings. The lowest BCUT2D eigenvalue weighted by atomic mass is 9.98. The van der Waals surface area contributed by atoms with Crippen LogP contribution in [0.1, 0.15) is 17.2 Å². The summed E-state index contributed by atoms with van der Waals surface area (Å²) in [7, 11) is 0. The summed E-state index contributed by atoms with van der Waals surface area (Å²) in [5.74, 6) is 3.30. The van der Waals surface area contributed by atoms with Gasteiger partial charge < -0.3 is 0 Å². The van der Waals surface area contributed by atoms with Gasteiger partial charge in [-0.1, -0.05) is 15.9 Å². The monoisotopic (exact) mass is 408 g/mol. The summed E-state index contributed by atoms with van der Waals surface area (Å²) in [6, 6.07) is 5.29. The minimum Gasteiger partial charge on any atom is -0.271 e. The van der Waals surface area contributed by atoms with Gasteiger partial charge in [0.25, 0.3) is 0 Å². The van der Waals surface area contributed by atoms with E-state index in [0.29, 0.717) is 10.0 Å². The number of benzene rings is 2. The molecule has 2 aromatic rings. The van der Waals surface area contributed by atoms with Crippen molar-refractivity contribution in [1.29, 1.82) is 0 Å². The molecule has 1 unspecified atom stereocenters. The molecule has 0 fully saturated rings. The predicted octanol–water partition coefficient (Wildman–Crippen LogP) is 4.18. The maximum atomic E-state index is 14.1. The summed E-state index contributed by atoms with van der Waals surface area (Å²) in [5, 5.41) is 0. The summed E-state index contributed by atoms with van der Waals surface area (Å²) in [5.41, 5.74) is 2.33. The second kappa shape index (κ2) is 6.26. The highest BCUT2D eigenvalue weighted by Gasteiger charge is 2.23. The van der Waals surface area contributed by atoms with Crippen molar-refractivity contribution in [2.75, 3.05) is 0 Å². The first-order chi connectivity index (χ1) is 9.43. The van der Waals surface area contributed by atoms with Crippen molar-refractivity contribution >= 4 is 31.9 Å². The Morgan fingerprint density at radius 3 is 2.35 bits per heavy atom. The zero-order chi connectivity index (χ0) is 14.9. The minimum atomic E-state index is -1.01. The molecule has 2 aromatic carbocycles. The van der Waals surface area contributed by atoms with Crippen LogP contribution in [0.25, 0.3) is 0 Å². The third kappa shape index (κ3) is 3.06. The summed E-state index contributed by atoms with van der Waals surface area (Å²) in [4.78, 5) is 0. The molecule has 3 N–H and O–H groups in total. The van der Waals surface area contributed by atoms with Gasteiger partial charge in [-0.15, -0.1) is 0 Å². The molecule has 0 aliphatic heterocycles. The number of hydrazine groups is 1. The van der Waals surface area contributed by atoms with Crippen LogP contribution in [0.2, 0.25) is 0 Å². The predicted molar refractivity (Wildman–Crippen MR) is 77.3 cm³/mol. The molecule has 7 heteroatoms. The Bertz CT molecular complexity index is 630. The molecule has 0 saturated carbocycles. The van der Waals surface area contributed by atoms with E-state index in [-0.39, 0.29) is 10.0 Å². The first kappa shape index (κ1) is 15.5. The molecule has 2 rings (SSSR count). The number of hydrogen-bond donors (Lipinski definition) is 2. The molecular weight excluding hydrogens is 401 g/mol. The number of halogens is 5. The molecule has 0 saturated heterocycles. The molecule has 0 heterocycles. The van der Waals surface area contributed by atoms with Crippen LogP contribution in [-0.2, 0) is 0 Å². The van der Waals surface area contributed by atoms with Crippen LogP contribution in [-0.4, -0.2) is 0 Å². The summed E-state index contributed by atoms with van der Waals surface area (Å²) in [6.45, 7) is 0. The maximum absolute atomic E-state index is 14.1. The van der Waals surface area contributed by atoms with Gasteiger partial charge in [0.05, 0.1) is 10.5 Å². The van der Waals surface area contributed by atoms with Gasteiger partial charge in [0.15, 0.2) is 0 Å². The van der Waals surface area contributed by atoms with Crippen LogP contribution in [0.3, 0.4) is 0 Å². The van der Waals surface area contributed by atoms with Crippen LogP contribution >= 0.6 is 31.9 Å². The zero-order valence-electron chi connectivity index (χ0n) is 9.93. The Morgan fingerprint density at radius 2 is 1.75 bits per heavy atom. The van der Waals surface area contributed by atoms with E-state index in [2.05, 4.69) is 37.3 Å². The van der Waals surface area contributed by atoms with E-state index in [1.807, 2.05) is 0 Å². The Labute approximate surface area is 130 Å². The SMILES string of the molecule is NNC(c1cc(F)cc(Br)c1)c1c(F)ccc(Br)c1F. The van der Waals surface area contributed by atoms with E-state index in [0.717, 1.165) is 12.1 Å². The number of rotatable bonds is 3. The average Bonchev–Trinajstić information content (AvgIpc) is 2.38. The summed E-state index contributed by atoms with van der Waals surface area (Å²) in [6.07, 6.45) is 0. The molecule has 2 nitrogen and oxygen atoms in total. The molecule has 0 aliphatic carbocycles. The van der Waals surface area contributed by atoms with E-state index in [1.165, 1.54) is 18.2 Å². The molecule has 0 spiro atoms. The highest BCUT2D eigenvalue weighted by molar-refractivity contribution is 9.10. The van der Waals surface area contributed by atoms with E-state index in [4.69, 9.17) is 5.84 Å². The lowest BCUT2D eigenvalue weighted by Gasteiger charge is -2.19. The third-order valence-electron chi connectivity index (χ3n) is 2.75. The number of hydrogen-bond acceptors (Lipinski definition) is 2. The highest BCUT2D eigenvalue weighted by atomic mass is 79.9. The van der Waals surface area contributed by atoms with Crippen LogP contribution < -0.4 is 11.3 Å². The van der Waals surface area contributed by atoms with Crippen molar-refractivity contribution < 1.29 is 13.2 Å². The van der Waals surface area contributed by atoms with Crippen LogP contribution in [0.5, 0.6) is 0 Å². The van der Waals surface area contributed by atoms with E-state index in [1.54, 1.807) is 0 Å². The van der Waals surface area contributed by atoms with Gasteiger partial charge >= 0.3 is 0 Å². The topological polar surface area (TPSA) is 38.0 Å². The molecule has 0 bridgehead atoms. The molecule has 1 atom stereocenters. The van der Waals surface area contributed by atoms with Crippen LogP contribution in [0, 0.1) is 17.5 Å². The Balaban J connectivity index is 2.61. The van der Waals surface area contributed by atoms with Gasteiger partial charge in [0.1, 0.15) is 17.5 Å². The molecule has 0 amide bonds. The van der Waals surface area contributed by atoms with Crippen molar-refractivity contribution in [1.82, 2.24) is 5.43 Å². The van der Waals surface area contributed by atoms with Gasteiger partial charge in [-0.2, -0.15) is 0 Å². The fourth-order valence-electron chi connectivity index (χ4n) is 1.90. The number of nitrogens with two attached hydrogens (primary N) is 1. The van der Waals surface area contributed by atoms with Crippen molar-refractivity contribution in [2.45, 2.75) is 6.04 Å². The van der Waals surface area contributed by atoms with Gasteiger partial charge in [-0.25, -0.2) is 18.6 Å². The second-order valence-corrected chi connectivity index (χ2v) is 5.83.